The Morgan fingerprint density at radius 1 is 1.04 bits per heavy atom. The molecule has 2 aromatic heterocycles. The van der Waals surface area contributed by atoms with Crippen molar-refractivity contribution in [2.45, 2.75) is 13.0 Å². The average molecular weight is 343 g/mol. The van der Waals surface area contributed by atoms with Crippen molar-refractivity contribution in [2.75, 3.05) is 11.4 Å². The SMILES string of the molecule is O=c1[nH]c(CN2CCc3ccccc32)nc2c1cnn2-c1ccccc1. The van der Waals surface area contributed by atoms with Crippen LogP contribution in [0.1, 0.15) is 11.4 Å². The molecule has 128 valence electrons. The summed E-state index contributed by atoms with van der Waals surface area (Å²) >= 11 is 0. The molecule has 3 heterocycles. The molecule has 0 saturated heterocycles. The van der Waals surface area contributed by atoms with Crippen molar-refractivity contribution < 1.29 is 0 Å². The summed E-state index contributed by atoms with van der Waals surface area (Å²) in [6.45, 7) is 1.50. The summed E-state index contributed by atoms with van der Waals surface area (Å²) in [5.74, 6) is 0.650. The number of fused-ring (bicyclic) bond motifs is 2. The Labute approximate surface area is 149 Å². The molecule has 2 aromatic carbocycles. The minimum absolute atomic E-state index is 0.153. The first kappa shape index (κ1) is 14.9. The number of para-hydroxylation sites is 2. The zero-order valence-corrected chi connectivity index (χ0v) is 14.1. The maximum atomic E-state index is 12.5. The highest BCUT2D eigenvalue weighted by Gasteiger charge is 2.20. The smallest absolute Gasteiger partial charge is 0.262 e. The standard InChI is InChI=1S/C20H17N5O/c26-20-16-12-21-25(15-7-2-1-3-8-15)19(16)22-18(23-20)13-24-11-10-14-6-4-5-9-17(14)24/h1-9,12H,10-11,13H2,(H,22,23,26). The van der Waals surface area contributed by atoms with Crippen LogP contribution in [0.5, 0.6) is 0 Å². The van der Waals surface area contributed by atoms with Gasteiger partial charge in [-0.2, -0.15) is 5.10 Å². The van der Waals surface area contributed by atoms with E-state index in [1.807, 2.05) is 36.4 Å². The van der Waals surface area contributed by atoms with Crippen LogP contribution in [0.15, 0.2) is 65.6 Å². The molecular formula is C20H17N5O. The van der Waals surface area contributed by atoms with E-state index in [-0.39, 0.29) is 5.56 Å². The third-order valence-electron chi connectivity index (χ3n) is 4.81. The van der Waals surface area contributed by atoms with Gasteiger partial charge in [0.05, 0.1) is 18.4 Å². The molecule has 0 aliphatic carbocycles. The van der Waals surface area contributed by atoms with E-state index >= 15 is 0 Å². The van der Waals surface area contributed by atoms with Gasteiger partial charge in [-0.05, 0) is 30.2 Å². The van der Waals surface area contributed by atoms with Gasteiger partial charge >= 0.3 is 0 Å². The van der Waals surface area contributed by atoms with Gasteiger partial charge in [-0.15, -0.1) is 0 Å². The van der Waals surface area contributed by atoms with Gasteiger partial charge in [-0.3, -0.25) is 4.79 Å². The van der Waals surface area contributed by atoms with Crippen LogP contribution in [0.4, 0.5) is 5.69 Å². The van der Waals surface area contributed by atoms with Crippen LogP contribution in [-0.4, -0.2) is 26.3 Å². The molecular weight excluding hydrogens is 326 g/mol. The maximum Gasteiger partial charge on any atom is 0.262 e. The molecule has 1 N–H and O–H groups in total. The van der Waals surface area contributed by atoms with Gasteiger partial charge in [0.25, 0.3) is 5.56 Å². The molecule has 0 bridgehead atoms. The number of H-pyrrole nitrogens is 1. The predicted octanol–water partition coefficient (Wildman–Crippen LogP) is 2.67. The van der Waals surface area contributed by atoms with Gasteiger partial charge in [0.2, 0.25) is 0 Å². The van der Waals surface area contributed by atoms with Crippen LogP contribution < -0.4 is 10.5 Å². The molecule has 26 heavy (non-hydrogen) atoms. The Morgan fingerprint density at radius 2 is 1.85 bits per heavy atom. The fraction of sp³-hybridized carbons (Fsp3) is 0.150. The summed E-state index contributed by atoms with van der Waals surface area (Å²) in [6, 6.07) is 18.1. The largest absolute Gasteiger partial charge is 0.364 e. The Balaban J connectivity index is 1.57. The Bertz CT molecular complexity index is 1150. The van der Waals surface area contributed by atoms with Gasteiger partial charge in [-0.1, -0.05) is 36.4 Å². The molecule has 6 heteroatoms. The van der Waals surface area contributed by atoms with Gasteiger partial charge in [0, 0.05) is 12.2 Å². The molecule has 6 nitrogen and oxygen atoms in total. The predicted molar refractivity (Wildman–Crippen MR) is 101 cm³/mol. The zero-order chi connectivity index (χ0) is 17.5. The lowest BCUT2D eigenvalue weighted by Crippen LogP contribution is -2.23. The molecule has 5 rings (SSSR count). The van der Waals surface area contributed by atoms with Gasteiger partial charge in [-0.25, -0.2) is 9.67 Å². The highest BCUT2D eigenvalue weighted by molar-refractivity contribution is 5.75. The highest BCUT2D eigenvalue weighted by Crippen LogP contribution is 2.28. The lowest BCUT2D eigenvalue weighted by Gasteiger charge is -2.18. The number of aromatic amines is 1. The molecule has 1 aliphatic rings. The van der Waals surface area contributed by atoms with E-state index in [1.165, 1.54) is 11.3 Å². The molecule has 0 amide bonds. The Morgan fingerprint density at radius 3 is 2.73 bits per heavy atom. The van der Waals surface area contributed by atoms with E-state index < -0.39 is 0 Å². The molecule has 0 saturated carbocycles. The summed E-state index contributed by atoms with van der Waals surface area (Å²) in [7, 11) is 0. The normalized spacial score (nSPS) is 13.3. The van der Waals surface area contributed by atoms with Crippen molar-refractivity contribution in [1.82, 2.24) is 19.7 Å². The van der Waals surface area contributed by atoms with Crippen LogP contribution in [0.25, 0.3) is 16.7 Å². The van der Waals surface area contributed by atoms with E-state index in [4.69, 9.17) is 4.98 Å². The molecule has 0 fully saturated rings. The quantitative estimate of drug-likeness (QED) is 0.621. The van der Waals surface area contributed by atoms with E-state index in [0.29, 0.717) is 23.4 Å². The van der Waals surface area contributed by atoms with Crippen molar-refractivity contribution in [1.29, 1.82) is 0 Å². The van der Waals surface area contributed by atoms with E-state index in [9.17, 15) is 4.79 Å². The second-order valence-corrected chi connectivity index (χ2v) is 6.44. The first-order valence-electron chi connectivity index (χ1n) is 8.65. The van der Waals surface area contributed by atoms with E-state index in [2.05, 4.69) is 33.2 Å². The molecule has 4 aromatic rings. The summed E-state index contributed by atoms with van der Waals surface area (Å²) in [5.41, 5.74) is 3.87. The number of rotatable bonds is 3. The lowest BCUT2D eigenvalue weighted by molar-refractivity contribution is 0.781. The maximum absolute atomic E-state index is 12.5. The second-order valence-electron chi connectivity index (χ2n) is 6.44. The summed E-state index contributed by atoms with van der Waals surface area (Å²) in [4.78, 5) is 22.4. The van der Waals surface area contributed by atoms with Gasteiger partial charge in [0.1, 0.15) is 11.2 Å². The van der Waals surface area contributed by atoms with Crippen molar-refractivity contribution in [3.05, 3.63) is 82.5 Å². The number of aromatic nitrogens is 4. The number of hydrogen-bond donors (Lipinski definition) is 1. The molecule has 0 radical (unpaired) electrons. The summed E-state index contributed by atoms with van der Waals surface area (Å²) < 4.78 is 1.71. The third-order valence-corrected chi connectivity index (χ3v) is 4.81. The highest BCUT2D eigenvalue weighted by atomic mass is 16.1. The van der Waals surface area contributed by atoms with Crippen molar-refractivity contribution >= 4 is 16.7 Å². The number of benzene rings is 2. The van der Waals surface area contributed by atoms with E-state index in [1.54, 1.807) is 10.9 Å². The topological polar surface area (TPSA) is 66.8 Å². The van der Waals surface area contributed by atoms with Crippen molar-refractivity contribution in [2.24, 2.45) is 0 Å². The third kappa shape index (κ3) is 2.38. The molecule has 0 unspecified atom stereocenters. The summed E-state index contributed by atoms with van der Waals surface area (Å²) in [5, 5.41) is 4.86. The van der Waals surface area contributed by atoms with E-state index in [0.717, 1.165) is 18.7 Å². The average Bonchev–Trinajstić information content (AvgIpc) is 3.28. The fourth-order valence-corrected chi connectivity index (χ4v) is 3.55. The van der Waals surface area contributed by atoms with Crippen LogP contribution in [0.2, 0.25) is 0 Å². The monoisotopic (exact) mass is 343 g/mol. The molecule has 0 spiro atoms. The fourth-order valence-electron chi connectivity index (χ4n) is 3.55. The molecule has 1 aliphatic heterocycles. The Kier molecular flexibility index (Phi) is 3.35. The number of nitrogens with zero attached hydrogens (tertiary/aromatic N) is 4. The first-order valence-corrected chi connectivity index (χ1v) is 8.65. The van der Waals surface area contributed by atoms with Crippen LogP contribution in [0, 0.1) is 0 Å². The van der Waals surface area contributed by atoms with Crippen LogP contribution in [0.3, 0.4) is 0 Å². The van der Waals surface area contributed by atoms with Crippen LogP contribution in [-0.2, 0) is 13.0 Å². The van der Waals surface area contributed by atoms with Crippen molar-refractivity contribution in [3.63, 3.8) is 0 Å². The second kappa shape index (κ2) is 5.84. The number of hydrogen-bond acceptors (Lipinski definition) is 4. The van der Waals surface area contributed by atoms with Gasteiger partial charge < -0.3 is 9.88 Å². The first-order chi connectivity index (χ1) is 12.8. The minimum Gasteiger partial charge on any atom is -0.364 e. The zero-order valence-electron chi connectivity index (χ0n) is 14.1. The van der Waals surface area contributed by atoms with Crippen LogP contribution >= 0.6 is 0 Å². The molecule has 0 atom stereocenters. The summed E-state index contributed by atoms with van der Waals surface area (Å²) in [6.07, 6.45) is 2.59. The number of anilines is 1. The van der Waals surface area contributed by atoms with Gasteiger partial charge in [0.15, 0.2) is 5.65 Å². The lowest BCUT2D eigenvalue weighted by atomic mass is 10.2. The minimum atomic E-state index is -0.153. The Hall–Kier alpha value is -3.41. The number of nitrogens with one attached hydrogen (secondary N) is 1. The van der Waals surface area contributed by atoms with Crippen molar-refractivity contribution in [3.8, 4) is 5.69 Å².